The Labute approximate surface area is 107 Å². The average Bonchev–Trinajstić information content (AvgIpc) is 2.26. The molecule has 1 aromatic rings. The molecule has 0 heterocycles. The summed E-state index contributed by atoms with van der Waals surface area (Å²) in [6.45, 7) is -0.521. The topological polar surface area (TPSA) is 46.5 Å². The molecule has 1 rings (SSSR count). The summed E-state index contributed by atoms with van der Waals surface area (Å²) in [4.78, 5) is 10.3. The van der Waals surface area contributed by atoms with Crippen LogP contribution in [0.25, 0.3) is 0 Å². The van der Waals surface area contributed by atoms with Gasteiger partial charge in [0.15, 0.2) is 18.2 Å². The minimum absolute atomic E-state index is 0.00774. The average molecular weight is 338 g/mol. The van der Waals surface area contributed by atoms with Crippen LogP contribution in [0.3, 0.4) is 0 Å². The first-order valence-corrected chi connectivity index (χ1v) is 6.35. The molecule has 0 fully saturated rings. The van der Waals surface area contributed by atoms with Gasteiger partial charge in [0.2, 0.25) is 0 Å². The number of ether oxygens (including phenoxy) is 1. The van der Waals surface area contributed by atoms with Gasteiger partial charge in [-0.25, -0.2) is 9.18 Å². The second kappa shape index (κ2) is 6.67. The van der Waals surface area contributed by atoms with Crippen molar-refractivity contribution in [1.29, 1.82) is 0 Å². The molecule has 0 spiro atoms. The van der Waals surface area contributed by atoms with Crippen LogP contribution in [0.5, 0.6) is 5.75 Å². The van der Waals surface area contributed by atoms with Gasteiger partial charge in [0.05, 0.1) is 0 Å². The molecule has 0 bridgehead atoms. The van der Waals surface area contributed by atoms with Crippen LogP contribution >= 0.6 is 22.6 Å². The third kappa shape index (κ3) is 4.34. The van der Waals surface area contributed by atoms with Crippen molar-refractivity contribution >= 4 is 28.6 Å². The Morgan fingerprint density at radius 1 is 1.50 bits per heavy atom. The van der Waals surface area contributed by atoms with Crippen molar-refractivity contribution in [3.8, 4) is 5.75 Å². The standard InChI is InChI=1S/C11H12FIO3/c12-9-4-3-8(2-1-5-13)6-10(9)16-7-11(14)15/h3-4,6H,1-2,5,7H2,(H,14,15). The van der Waals surface area contributed by atoms with Crippen molar-refractivity contribution in [2.75, 3.05) is 11.0 Å². The summed E-state index contributed by atoms with van der Waals surface area (Å²) in [5.41, 5.74) is 0.957. The number of halogens is 2. The van der Waals surface area contributed by atoms with E-state index in [0.717, 1.165) is 22.8 Å². The zero-order valence-electron chi connectivity index (χ0n) is 8.58. The summed E-state index contributed by atoms with van der Waals surface area (Å²) >= 11 is 2.27. The van der Waals surface area contributed by atoms with Crippen molar-refractivity contribution in [3.05, 3.63) is 29.6 Å². The Hall–Kier alpha value is -0.850. The van der Waals surface area contributed by atoms with Gasteiger partial charge in [-0.15, -0.1) is 0 Å². The fourth-order valence-corrected chi connectivity index (χ4v) is 1.61. The zero-order chi connectivity index (χ0) is 12.0. The summed E-state index contributed by atoms with van der Waals surface area (Å²) in [6.07, 6.45) is 1.84. The van der Waals surface area contributed by atoms with Crippen LogP contribution in [0, 0.1) is 5.82 Å². The van der Waals surface area contributed by atoms with Crippen molar-refractivity contribution in [3.63, 3.8) is 0 Å². The lowest BCUT2D eigenvalue weighted by Gasteiger charge is -2.07. The van der Waals surface area contributed by atoms with E-state index in [-0.39, 0.29) is 5.75 Å². The molecule has 0 atom stereocenters. The largest absolute Gasteiger partial charge is 0.479 e. The molecule has 0 amide bonds. The molecular formula is C11H12FIO3. The summed E-state index contributed by atoms with van der Waals surface area (Å²) in [7, 11) is 0. The quantitative estimate of drug-likeness (QED) is 0.641. The Kier molecular flexibility index (Phi) is 5.51. The molecule has 0 saturated carbocycles. The predicted molar refractivity (Wildman–Crippen MR) is 66.7 cm³/mol. The number of aryl methyl sites for hydroxylation is 1. The van der Waals surface area contributed by atoms with Gasteiger partial charge >= 0.3 is 5.97 Å². The molecule has 88 valence electrons. The molecule has 0 aliphatic heterocycles. The van der Waals surface area contributed by atoms with Gasteiger partial charge in [-0.1, -0.05) is 28.7 Å². The number of hydrogen-bond donors (Lipinski definition) is 1. The molecule has 1 aromatic carbocycles. The number of alkyl halides is 1. The summed E-state index contributed by atoms with van der Waals surface area (Å²) < 4.78 is 19.1. The van der Waals surface area contributed by atoms with Crippen LogP contribution in [0.15, 0.2) is 18.2 Å². The van der Waals surface area contributed by atoms with E-state index in [1.807, 2.05) is 0 Å². The lowest BCUT2D eigenvalue weighted by molar-refractivity contribution is -0.139. The summed E-state index contributed by atoms with van der Waals surface area (Å²) in [6, 6.07) is 4.56. The molecule has 0 aliphatic rings. The minimum atomic E-state index is -1.11. The van der Waals surface area contributed by atoms with Crippen LogP contribution in [0.2, 0.25) is 0 Å². The van der Waals surface area contributed by atoms with E-state index in [2.05, 4.69) is 22.6 Å². The van der Waals surface area contributed by atoms with Crippen LogP contribution < -0.4 is 4.74 Å². The monoisotopic (exact) mass is 338 g/mol. The van der Waals surface area contributed by atoms with E-state index in [4.69, 9.17) is 9.84 Å². The number of carboxylic acids is 1. The van der Waals surface area contributed by atoms with Crippen molar-refractivity contribution in [1.82, 2.24) is 0 Å². The van der Waals surface area contributed by atoms with Gasteiger partial charge in [0, 0.05) is 0 Å². The maximum atomic E-state index is 13.2. The van der Waals surface area contributed by atoms with Gasteiger partial charge in [-0.05, 0) is 35.0 Å². The highest BCUT2D eigenvalue weighted by molar-refractivity contribution is 14.1. The highest BCUT2D eigenvalue weighted by atomic mass is 127. The number of carboxylic acid groups (broad SMARTS) is 1. The number of hydrogen-bond acceptors (Lipinski definition) is 2. The molecule has 5 heteroatoms. The lowest BCUT2D eigenvalue weighted by atomic mass is 10.1. The third-order valence-corrected chi connectivity index (χ3v) is 2.71. The maximum Gasteiger partial charge on any atom is 0.341 e. The second-order valence-corrected chi connectivity index (χ2v) is 4.32. The van der Waals surface area contributed by atoms with Crippen LogP contribution in [-0.4, -0.2) is 22.1 Å². The van der Waals surface area contributed by atoms with Gasteiger partial charge in [0.25, 0.3) is 0 Å². The van der Waals surface area contributed by atoms with E-state index in [0.29, 0.717) is 0 Å². The predicted octanol–water partition coefficient (Wildman–Crippen LogP) is 2.66. The number of rotatable bonds is 6. The van der Waals surface area contributed by atoms with Crippen LogP contribution in [0.1, 0.15) is 12.0 Å². The van der Waals surface area contributed by atoms with Crippen LogP contribution in [-0.2, 0) is 11.2 Å². The fourth-order valence-electron chi connectivity index (χ4n) is 1.22. The highest BCUT2D eigenvalue weighted by Crippen LogP contribution is 2.19. The molecule has 0 unspecified atom stereocenters. The molecule has 0 aliphatic carbocycles. The maximum absolute atomic E-state index is 13.2. The first-order valence-electron chi connectivity index (χ1n) is 4.82. The van der Waals surface area contributed by atoms with Gasteiger partial charge in [-0.2, -0.15) is 0 Å². The molecule has 0 radical (unpaired) electrons. The minimum Gasteiger partial charge on any atom is -0.479 e. The van der Waals surface area contributed by atoms with Crippen molar-refractivity contribution in [2.24, 2.45) is 0 Å². The SMILES string of the molecule is O=C(O)COc1cc(CCCI)ccc1F. The van der Waals surface area contributed by atoms with E-state index >= 15 is 0 Å². The van der Waals surface area contributed by atoms with Gasteiger partial charge < -0.3 is 9.84 Å². The summed E-state index contributed by atoms with van der Waals surface area (Å²) in [5, 5.41) is 8.43. The number of benzene rings is 1. The normalized spacial score (nSPS) is 10.1. The van der Waals surface area contributed by atoms with E-state index < -0.39 is 18.4 Å². The molecule has 0 aromatic heterocycles. The molecular weight excluding hydrogens is 326 g/mol. The second-order valence-electron chi connectivity index (χ2n) is 3.24. The van der Waals surface area contributed by atoms with Gasteiger partial charge in [0.1, 0.15) is 0 Å². The lowest BCUT2D eigenvalue weighted by Crippen LogP contribution is -2.10. The molecule has 3 nitrogen and oxygen atoms in total. The Morgan fingerprint density at radius 2 is 2.25 bits per heavy atom. The Morgan fingerprint density at radius 3 is 2.88 bits per heavy atom. The van der Waals surface area contributed by atoms with E-state index in [1.54, 1.807) is 12.1 Å². The van der Waals surface area contributed by atoms with Crippen LogP contribution in [0.4, 0.5) is 4.39 Å². The fraction of sp³-hybridized carbons (Fsp3) is 0.364. The molecule has 1 N–H and O–H groups in total. The zero-order valence-corrected chi connectivity index (χ0v) is 10.7. The van der Waals surface area contributed by atoms with Crippen molar-refractivity contribution < 1.29 is 19.0 Å². The Bertz CT molecular complexity index is 368. The molecule has 16 heavy (non-hydrogen) atoms. The molecule has 0 saturated heterocycles. The Balaban J connectivity index is 2.69. The first-order chi connectivity index (χ1) is 7.63. The van der Waals surface area contributed by atoms with E-state index in [9.17, 15) is 9.18 Å². The van der Waals surface area contributed by atoms with Crippen molar-refractivity contribution in [2.45, 2.75) is 12.8 Å². The first kappa shape index (κ1) is 13.2. The number of aliphatic carboxylic acids is 1. The smallest absolute Gasteiger partial charge is 0.341 e. The highest BCUT2D eigenvalue weighted by Gasteiger charge is 2.06. The number of carbonyl (C=O) groups is 1. The van der Waals surface area contributed by atoms with E-state index in [1.165, 1.54) is 6.07 Å². The summed E-state index contributed by atoms with van der Waals surface area (Å²) in [5.74, 6) is -1.63. The third-order valence-electron chi connectivity index (χ3n) is 1.95. The van der Waals surface area contributed by atoms with Gasteiger partial charge in [-0.3, -0.25) is 0 Å².